The number of anilines is 2. The van der Waals surface area contributed by atoms with Crippen LogP contribution in [0.5, 0.6) is 6.01 Å². The van der Waals surface area contributed by atoms with E-state index in [4.69, 9.17) is 4.74 Å². The summed E-state index contributed by atoms with van der Waals surface area (Å²) in [5.41, 5.74) is 0. The molecule has 1 aromatic rings. The maximum absolute atomic E-state index is 11.4. The highest BCUT2D eigenvalue weighted by atomic mass is 32.2. The highest BCUT2D eigenvalue weighted by molar-refractivity contribution is 7.85. The van der Waals surface area contributed by atoms with Gasteiger partial charge in [-0.2, -0.15) is 15.0 Å². The molecule has 0 aromatic carbocycles. The minimum absolute atomic E-state index is 0.00632. The summed E-state index contributed by atoms with van der Waals surface area (Å²) in [7, 11) is -0.669. The smallest absolute Gasteiger partial charge is 0.323 e. The second kappa shape index (κ2) is 7.53. The van der Waals surface area contributed by atoms with Gasteiger partial charge in [0.1, 0.15) is 0 Å². The minimum atomic E-state index is -0.669. The molecule has 2 rings (SSSR count). The quantitative estimate of drug-likeness (QED) is 0.821. The fourth-order valence-corrected chi connectivity index (χ4v) is 3.34. The number of nitrogens with zero attached hydrogens (tertiary/aromatic N) is 3. The largest absolute Gasteiger partial charge is 0.461 e. The van der Waals surface area contributed by atoms with Crippen molar-refractivity contribution >= 4 is 22.7 Å². The summed E-state index contributed by atoms with van der Waals surface area (Å²) in [5, 5.41) is 6.37. The van der Waals surface area contributed by atoms with Crippen LogP contribution in [0.25, 0.3) is 0 Å². The Labute approximate surface area is 127 Å². The zero-order valence-electron chi connectivity index (χ0n) is 12.8. The van der Waals surface area contributed by atoms with Crippen LogP contribution in [-0.4, -0.2) is 49.4 Å². The van der Waals surface area contributed by atoms with Crippen molar-refractivity contribution in [2.24, 2.45) is 0 Å². The van der Waals surface area contributed by atoms with Crippen LogP contribution in [0.2, 0.25) is 0 Å². The summed E-state index contributed by atoms with van der Waals surface area (Å²) < 4.78 is 16.9. The van der Waals surface area contributed by atoms with Crippen LogP contribution in [0.3, 0.4) is 0 Å². The maximum Gasteiger partial charge on any atom is 0.323 e. The minimum Gasteiger partial charge on any atom is -0.461 e. The number of hydrogen-bond donors (Lipinski definition) is 2. The molecule has 1 aromatic heterocycles. The molecule has 2 N–H and O–H groups in total. The summed E-state index contributed by atoms with van der Waals surface area (Å²) >= 11 is 0. The molecule has 0 atom stereocenters. The van der Waals surface area contributed by atoms with Gasteiger partial charge in [0.15, 0.2) is 0 Å². The summed E-state index contributed by atoms with van der Waals surface area (Å²) in [6.07, 6.45) is 1.75. The normalized spacial score (nSPS) is 22.1. The lowest BCUT2D eigenvalue weighted by Gasteiger charge is -2.22. The molecular formula is C13H23N5O2S. The summed E-state index contributed by atoms with van der Waals surface area (Å²) in [6.45, 7) is 6.57. The van der Waals surface area contributed by atoms with E-state index < -0.39 is 10.8 Å². The molecule has 1 aliphatic rings. The molecule has 0 unspecified atom stereocenters. The van der Waals surface area contributed by atoms with Crippen molar-refractivity contribution in [3.63, 3.8) is 0 Å². The number of aromatic nitrogens is 3. The lowest BCUT2D eigenvalue weighted by Crippen LogP contribution is -2.30. The van der Waals surface area contributed by atoms with E-state index in [0.717, 1.165) is 30.9 Å². The van der Waals surface area contributed by atoms with Crippen molar-refractivity contribution < 1.29 is 8.95 Å². The zero-order chi connectivity index (χ0) is 15.2. The third kappa shape index (κ3) is 5.11. The van der Waals surface area contributed by atoms with Crippen molar-refractivity contribution in [3.05, 3.63) is 0 Å². The predicted octanol–water partition coefficient (Wildman–Crippen LogP) is 1.41. The van der Waals surface area contributed by atoms with Crippen molar-refractivity contribution in [1.82, 2.24) is 15.0 Å². The first-order valence-corrected chi connectivity index (χ1v) is 8.83. The van der Waals surface area contributed by atoms with Gasteiger partial charge in [0, 0.05) is 34.9 Å². The van der Waals surface area contributed by atoms with Gasteiger partial charge in [0.25, 0.3) is 0 Å². The van der Waals surface area contributed by atoms with E-state index in [1.807, 2.05) is 20.8 Å². The van der Waals surface area contributed by atoms with E-state index in [1.165, 1.54) is 0 Å². The first kappa shape index (κ1) is 15.9. The molecule has 0 aliphatic carbocycles. The van der Waals surface area contributed by atoms with Gasteiger partial charge in [-0.3, -0.25) is 4.21 Å². The molecule has 0 saturated carbocycles. The highest BCUT2D eigenvalue weighted by Crippen LogP contribution is 2.17. The topological polar surface area (TPSA) is 89.0 Å². The molecule has 21 heavy (non-hydrogen) atoms. The van der Waals surface area contributed by atoms with E-state index in [9.17, 15) is 4.21 Å². The Morgan fingerprint density at radius 3 is 2.52 bits per heavy atom. The van der Waals surface area contributed by atoms with Crippen molar-refractivity contribution in [2.75, 3.05) is 28.7 Å². The van der Waals surface area contributed by atoms with Gasteiger partial charge < -0.3 is 15.4 Å². The van der Waals surface area contributed by atoms with Gasteiger partial charge in [0.05, 0.1) is 6.10 Å². The van der Waals surface area contributed by atoms with Gasteiger partial charge in [-0.15, -0.1) is 0 Å². The Kier molecular flexibility index (Phi) is 5.72. The lowest BCUT2D eigenvalue weighted by molar-refractivity contribution is 0.222. The molecular weight excluding hydrogens is 290 g/mol. The standard InChI is InChI=1S/C13H23N5O2S/c1-4-14-11-16-12(18-13(17-11)20-9(2)3)15-10-5-7-21(19)8-6-10/h9-10H,4-8H2,1-3H3,(H2,14,15,16,17,18). The maximum atomic E-state index is 11.4. The van der Waals surface area contributed by atoms with Gasteiger partial charge in [0.2, 0.25) is 11.9 Å². The molecule has 2 heterocycles. The molecule has 0 amide bonds. The monoisotopic (exact) mass is 313 g/mol. The Morgan fingerprint density at radius 1 is 1.24 bits per heavy atom. The lowest BCUT2D eigenvalue weighted by atomic mass is 10.2. The molecule has 1 aliphatic heterocycles. The number of ether oxygens (including phenoxy) is 1. The van der Waals surface area contributed by atoms with E-state index in [2.05, 4.69) is 25.6 Å². The SMILES string of the molecule is CCNc1nc(NC2CCS(=O)CC2)nc(OC(C)C)n1. The highest BCUT2D eigenvalue weighted by Gasteiger charge is 2.19. The molecule has 0 spiro atoms. The van der Waals surface area contributed by atoms with Crippen LogP contribution in [0, 0.1) is 0 Å². The van der Waals surface area contributed by atoms with Gasteiger partial charge in [-0.05, 0) is 33.6 Å². The Morgan fingerprint density at radius 2 is 1.90 bits per heavy atom. The predicted molar refractivity (Wildman–Crippen MR) is 84.3 cm³/mol. The van der Waals surface area contributed by atoms with Crippen LogP contribution >= 0.6 is 0 Å². The van der Waals surface area contributed by atoms with E-state index in [-0.39, 0.29) is 12.1 Å². The fourth-order valence-electron chi connectivity index (χ4n) is 2.04. The van der Waals surface area contributed by atoms with Crippen LogP contribution in [0.1, 0.15) is 33.6 Å². The summed E-state index contributed by atoms with van der Waals surface area (Å²) in [5.74, 6) is 2.48. The zero-order valence-corrected chi connectivity index (χ0v) is 13.6. The van der Waals surface area contributed by atoms with Crippen molar-refractivity contribution in [1.29, 1.82) is 0 Å². The Hall–Kier alpha value is -1.44. The van der Waals surface area contributed by atoms with E-state index in [1.54, 1.807) is 0 Å². The summed E-state index contributed by atoms with van der Waals surface area (Å²) in [4.78, 5) is 12.9. The van der Waals surface area contributed by atoms with Crippen LogP contribution < -0.4 is 15.4 Å². The molecule has 1 saturated heterocycles. The van der Waals surface area contributed by atoms with E-state index >= 15 is 0 Å². The fraction of sp³-hybridized carbons (Fsp3) is 0.769. The second-order valence-corrected chi connectivity index (χ2v) is 6.92. The first-order valence-electron chi connectivity index (χ1n) is 7.35. The number of rotatable bonds is 6. The average Bonchev–Trinajstić information content (AvgIpc) is 2.41. The molecule has 1 fully saturated rings. The third-order valence-electron chi connectivity index (χ3n) is 3.01. The Bertz CT molecular complexity index is 487. The van der Waals surface area contributed by atoms with Crippen molar-refractivity contribution in [2.45, 2.75) is 45.8 Å². The van der Waals surface area contributed by atoms with Crippen molar-refractivity contribution in [3.8, 4) is 6.01 Å². The molecule has 0 radical (unpaired) electrons. The van der Waals surface area contributed by atoms with E-state index in [0.29, 0.717) is 17.9 Å². The molecule has 8 heteroatoms. The number of hydrogen-bond acceptors (Lipinski definition) is 7. The second-order valence-electron chi connectivity index (χ2n) is 5.23. The summed E-state index contributed by atoms with van der Waals surface area (Å²) in [6, 6.07) is 0.573. The average molecular weight is 313 g/mol. The Balaban J connectivity index is 2.09. The third-order valence-corrected chi connectivity index (χ3v) is 4.39. The molecule has 0 bridgehead atoms. The van der Waals surface area contributed by atoms with Crippen LogP contribution in [0.15, 0.2) is 0 Å². The van der Waals surface area contributed by atoms with Gasteiger partial charge in [-0.1, -0.05) is 0 Å². The van der Waals surface area contributed by atoms with Crippen LogP contribution in [-0.2, 0) is 10.8 Å². The molecule has 118 valence electrons. The first-order chi connectivity index (χ1) is 10.1. The number of nitrogens with one attached hydrogen (secondary N) is 2. The van der Waals surface area contributed by atoms with Crippen LogP contribution in [0.4, 0.5) is 11.9 Å². The van der Waals surface area contributed by atoms with Gasteiger partial charge >= 0.3 is 6.01 Å². The van der Waals surface area contributed by atoms with Gasteiger partial charge in [-0.25, -0.2) is 0 Å². The molecule has 7 nitrogen and oxygen atoms in total.